The minimum Gasteiger partial charge on any atom is -0.486 e. The van der Waals surface area contributed by atoms with E-state index in [0.29, 0.717) is 51.3 Å². The van der Waals surface area contributed by atoms with E-state index in [9.17, 15) is 13.8 Å². The fourth-order valence-electron chi connectivity index (χ4n) is 4.82. The first-order chi connectivity index (χ1) is 19.0. The molecule has 0 spiro atoms. The molecular formula is C31H26N2O5S. The van der Waals surface area contributed by atoms with Crippen LogP contribution in [0.3, 0.4) is 0 Å². The summed E-state index contributed by atoms with van der Waals surface area (Å²) < 4.78 is 24.9. The summed E-state index contributed by atoms with van der Waals surface area (Å²) in [6.45, 7) is 3.16. The van der Waals surface area contributed by atoms with Gasteiger partial charge in [0.05, 0.1) is 44.4 Å². The van der Waals surface area contributed by atoms with Crippen LogP contribution >= 0.6 is 0 Å². The number of hydrogen-bond acceptors (Lipinski definition) is 5. The van der Waals surface area contributed by atoms with Crippen LogP contribution in [-0.4, -0.2) is 29.2 Å². The molecule has 4 aromatic carbocycles. The first kappa shape index (κ1) is 24.9. The molecule has 0 aliphatic carbocycles. The molecule has 0 unspecified atom stereocenters. The van der Waals surface area contributed by atoms with Crippen molar-refractivity contribution in [2.75, 3.05) is 18.1 Å². The van der Waals surface area contributed by atoms with Crippen LogP contribution in [0.25, 0.3) is 0 Å². The van der Waals surface area contributed by atoms with Crippen LogP contribution in [0.1, 0.15) is 44.8 Å². The Balaban J connectivity index is 1.34. The molecule has 0 saturated heterocycles. The smallest absolute Gasteiger partial charge is 0.259 e. The van der Waals surface area contributed by atoms with Gasteiger partial charge in [0.25, 0.3) is 11.8 Å². The van der Waals surface area contributed by atoms with Gasteiger partial charge in [-0.15, -0.1) is 0 Å². The second-order valence-electron chi connectivity index (χ2n) is 9.42. The number of rotatable bonds is 5. The van der Waals surface area contributed by atoms with E-state index in [-0.39, 0.29) is 24.4 Å². The van der Waals surface area contributed by atoms with Gasteiger partial charge in [0, 0.05) is 5.56 Å². The van der Waals surface area contributed by atoms with Crippen LogP contribution in [0, 0.1) is 0 Å². The zero-order valence-electron chi connectivity index (χ0n) is 21.3. The Morgan fingerprint density at radius 2 is 1.64 bits per heavy atom. The van der Waals surface area contributed by atoms with Gasteiger partial charge >= 0.3 is 0 Å². The zero-order valence-corrected chi connectivity index (χ0v) is 22.1. The minimum atomic E-state index is -1.59. The van der Waals surface area contributed by atoms with Crippen molar-refractivity contribution in [3.63, 3.8) is 0 Å². The van der Waals surface area contributed by atoms with Crippen molar-refractivity contribution in [3.8, 4) is 11.5 Å². The standard InChI is InChI=1S/C31H26N2O5S/c1-20(22-11-13-26-27(18-22)38-16-15-37-26)32-30(34)23-12-14-29-25(17-23)33(19-21-7-3-2-4-8-21)31(35)24-9-5-6-10-28(24)39(29)36/h2-14,17-18,20H,15-16,19H2,1H3,(H,32,34)/t20-,39-/m1/s1. The van der Waals surface area contributed by atoms with Crippen molar-refractivity contribution in [1.82, 2.24) is 5.32 Å². The number of fused-ring (bicyclic) bond motifs is 3. The lowest BCUT2D eigenvalue weighted by Gasteiger charge is -2.24. The molecule has 2 atom stereocenters. The highest BCUT2D eigenvalue weighted by molar-refractivity contribution is 7.85. The number of carbonyl (C=O) groups excluding carboxylic acids is 2. The van der Waals surface area contributed by atoms with Crippen LogP contribution in [0.5, 0.6) is 11.5 Å². The van der Waals surface area contributed by atoms with Crippen molar-refractivity contribution in [2.24, 2.45) is 0 Å². The van der Waals surface area contributed by atoms with Crippen molar-refractivity contribution >= 4 is 28.3 Å². The van der Waals surface area contributed by atoms with Gasteiger partial charge in [-0.05, 0) is 60.5 Å². The van der Waals surface area contributed by atoms with E-state index in [0.717, 1.165) is 11.1 Å². The Bertz CT molecular complexity index is 1600. The van der Waals surface area contributed by atoms with Gasteiger partial charge in [0.2, 0.25) is 0 Å². The lowest BCUT2D eigenvalue weighted by molar-refractivity contribution is 0.0937. The monoisotopic (exact) mass is 538 g/mol. The molecular weight excluding hydrogens is 512 g/mol. The molecule has 2 amide bonds. The van der Waals surface area contributed by atoms with Crippen LogP contribution in [0.4, 0.5) is 5.69 Å². The lowest BCUT2D eigenvalue weighted by atomic mass is 10.1. The average Bonchev–Trinajstić information content (AvgIpc) is 3.06. The molecule has 2 heterocycles. The molecule has 39 heavy (non-hydrogen) atoms. The third-order valence-corrected chi connectivity index (χ3v) is 8.37. The summed E-state index contributed by atoms with van der Waals surface area (Å²) in [6, 6.07) is 26.9. The zero-order chi connectivity index (χ0) is 26.9. The molecule has 4 aromatic rings. The number of nitrogens with zero attached hydrogens (tertiary/aromatic N) is 1. The van der Waals surface area contributed by atoms with E-state index in [1.165, 1.54) is 0 Å². The molecule has 2 aliphatic heterocycles. The molecule has 6 rings (SSSR count). The fourth-order valence-corrected chi connectivity index (χ4v) is 6.17. The first-order valence-electron chi connectivity index (χ1n) is 12.7. The van der Waals surface area contributed by atoms with Gasteiger partial charge < -0.3 is 19.7 Å². The molecule has 7 nitrogen and oxygen atoms in total. The fraction of sp³-hybridized carbons (Fsp3) is 0.161. The number of hydrogen-bond donors (Lipinski definition) is 1. The third kappa shape index (κ3) is 4.79. The number of nitrogens with one attached hydrogen (secondary N) is 1. The summed E-state index contributed by atoms with van der Waals surface area (Å²) in [7, 11) is -1.59. The molecule has 0 bridgehead atoms. The Morgan fingerprint density at radius 1 is 0.897 bits per heavy atom. The molecule has 1 N–H and O–H groups in total. The largest absolute Gasteiger partial charge is 0.486 e. The topological polar surface area (TPSA) is 84.9 Å². The van der Waals surface area contributed by atoms with Crippen molar-refractivity contribution in [2.45, 2.75) is 29.3 Å². The predicted octanol–water partition coefficient (Wildman–Crippen LogP) is 5.28. The number of benzene rings is 4. The van der Waals surface area contributed by atoms with E-state index >= 15 is 0 Å². The van der Waals surface area contributed by atoms with Crippen molar-refractivity contribution in [1.29, 1.82) is 0 Å². The van der Waals surface area contributed by atoms with Crippen LogP contribution < -0.4 is 19.7 Å². The minimum absolute atomic E-state index is 0.260. The molecule has 196 valence electrons. The highest BCUT2D eigenvalue weighted by Gasteiger charge is 2.31. The molecule has 0 saturated carbocycles. The second kappa shape index (κ2) is 10.4. The van der Waals surface area contributed by atoms with E-state index in [4.69, 9.17) is 9.47 Å². The molecule has 0 fully saturated rings. The van der Waals surface area contributed by atoms with Gasteiger partial charge in [-0.25, -0.2) is 4.21 Å². The van der Waals surface area contributed by atoms with Gasteiger partial charge in [0.1, 0.15) is 13.2 Å². The summed E-state index contributed by atoms with van der Waals surface area (Å²) in [4.78, 5) is 29.7. The predicted molar refractivity (Wildman–Crippen MR) is 148 cm³/mol. The van der Waals surface area contributed by atoms with E-state index < -0.39 is 10.8 Å². The normalized spacial score (nSPS) is 16.5. The van der Waals surface area contributed by atoms with Gasteiger partial charge in [-0.3, -0.25) is 9.59 Å². The third-order valence-electron chi connectivity index (χ3n) is 6.87. The summed E-state index contributed by atoms with van der Waals surface area (Å²) in [5, 5.41) is 3.03. The Labute approximate surface area is 228 Å². The second-order valence-corrected chi connectivity index (χ2v) is 10.8. The summed E-state index contributed by atoms with van der Waals surface area (Å²) in [6.07, 6.45) is 0. The van der Waals surface area contributed by atoms with Crippen LogP contribution in [0.2, 0.25) is 0 Å². The Hall–Kier alpha value is -4.43. The van der Waals surface area contributed by atoms with Gasteiger partial charge in [-0.1, -0.05) is 48.5 Å². The van der Waals surface area contributed by atoms with Crippen LogP contribution in [0.15, 0.2) is 101 Å². The molecule has 0 aromatic heterocycles. The highest BCUT2D eigenvalue weighted by Crippen LogP contribution is 2.36. The average molecular weight is 539 g/mol. The van der Waals surface area contributed by atoms with Crippen LogP contribution in [-0.2, 0) is 17.3 Å². The SMILES string of the molecule is C[C@@H](NC(=O)c1ccc2c(c1)N(Cc1ccccc1)C(=O)c1ccccc1[S@]2=O)c1ccc2c(c1)OCCO2. The number of amides is 2. The first-order valence-corrected chi connectivity index (χ1v) is 13.9. The molecule has 8 heteroatoms. The summed E-state index contributed by atoms with van der Waals surface area (Å²) in [5.74, 6) is 0.775. The maximum atomic E-state index is 13.8. The number of anilines is 1. The number of carbonyl (C=O) groups is 2. The van der Waals surface area contributed by atoms with E-state index in [2.05, 4.69) is 5.32 Å². The van der Waals surface area contributed by atoms with Crippen molar-refractivity contribution in [3.05, 3.63) is 113 Å². The number of ether oxygens (including phenoxy) is 2. The Morgan fingerprint density at radius 3 is 2.46 bits per heavy atom. The van der Waals surface area contributed by atoms with E-state index in [1.54, 1.807) is 47.4 Å². The summed E-state index contributed by atoms with van der Waals surface area (Å²) >= 11 is 0. The quantitative estimate of drug-likeness (QED) is 0.374. The van der Waals surface area contributed by atoms with Crippen molar-refractivity contribution < 1.29 is 23.3 Å². The summed E-state index contributed by atoms with van der Waals surface area (Å²) in [5.41, 5.74) is 3.01. The van der Waals surface area contributed by atoms with Gasteiger partial charge in [-0.2, -0.15) is 0 Å². The molecule has 2 aliphatic rings. The highest BCUT2D eigenvalue weighted by atomic mass is 32.2. The maximum absolute atomic E-state index is 13.8. The Kier molecular flexibility index (Phi) is 6.62. The molecule has 0 radical (unpaired) electrons. The van der Waals surface area contributed by atoms with E-state index in [1.807, 2.05) is 55.5 Å². The lowest BCUT2D eigenvalue weighted by Crippen LogP contribution is -2.31. The van der Waals surface area contributed by atoms with Gasteiger partial charge in [0.15, 0.2) is 11.5 Å². The maximum Gasteiger partial charge on any atom is 0.259 e.